The van der Waals surface area contributed by atoms with Gasteiger partial charge in [-0.2, -0.15) is 0 Å². The number of carboxylic acids is 1. The van der Waals surface area contributed by atoms with Crippen LogP contribution in [0.15, 0.2) is 18.2 Å². The summed E-state index contributed by atoms with van der Waals surface area (Å²) in [5, 5.41) is 9.01. The Morgan fingerprint density at radius 1 is 1.39 bits per heavy atom. The quantitative estimate of drug-likeness (QED) is 0.812. The molecule has 1 saturated heterocycles. The van der Waals surface area contributed by atoms with Crippen LogP contribution in [0.25, 0.3) is 0 Å². The van der Waals surface area contributed by atoms with Crippen molar-refractivity contribution < 1.29 is 14.7 Å². The predicted octanol–water partition coefficient (Wildman–Crippen LogP) is 1.33. The standard InChI is InChI=1S/C13H14N2O3/c1-14-11-7-8(13(17)18)4-5-9(11)15-6-2-3-10(15)12(14)16/h4-5,7,10H,2-3,6H2,1H3,(H,17,18). The predicted molar refractivity (Wildman–Crippen MR) is 67.2 cm³/mol. The lowest BCUT2D eigenvalue weighted by atomic mass is 10.1. The molecule has 0 bridgehead atoms. The Balaban J connectivity index is 2.14. The van der Waals surface area contributed by atoms with E-state index in [-0.39, 0.29) is 17.5 Å². The molecule has 2 heterocycles. The highest BCUT2D eigenvalue weighted by Gasteiger charge is 2.39. The monoisotopic (exact) mass is 246 g/mol. The average molecular weight is 246 g/mol. The van der Waals surface area contributed by atoms with E-state index in [1.54, 1.807) is 30.1 Å². The Morgan fingerprint density at radius 2 is 2.17 bits per heavy atom. The van der Waals surface area contributed by atoms with Crippen molar-refractivity contribution in [1.82, 2.24) is 0 Å². The third kappa shape index (κ3) is 1.40. The first-order valence-corrected chi connectivity index (χ1v) is 6.01. The lowest BCUT2D eigenvalue weighted by Gasteiger charge is -2.37. The molecule has 94 valence electrons. The van der Waals surface area contributed by atoms with Gasteiger partial charge in [0.2, 0.25) is 5.91 Å². The van der Waals surface area contributed by atoms with Gasteiger partial charge >= 0.3 is 5.97 Å². The molecular formula is C13H14N2O3. The molecule has 18 heavy (non-hydrogen) atoms. The lowest BCUT2D eigenvalue weighted by Crippen LogP contribution is -2.49. The number of likely N-dealkylation sites (N-methyl/N-ethyl adjacent to an activating group) is 1. The van der Waals surface area contributed by atoms with Crippen LogP contribution < -0.4 is 9.80 Å². The molecule has 0 aromatic heterocycles. The topological polar surface area (TPSA) is 60.9 Å². The van der Waals surface area contributed by atoms with Crippen molar-refractivity contribution in [1.29, 1.82) is 0 Å². The number of benzene rings is 1. The van der Waals surface area contributed by atoms with Gasteiger partial charge in [-0.25, -0.2) is 4.79 Å². The summed E-state index contributed by atoms with van der Waals surface area (Å²) in [7, 11) is 1.71. The molecule has 1 amide bonds. The second-order valence-corrected chi connectivity index (χ2v) is 4.76. The van der Waals surface area contributed by atoms with Crippen molar-refractivity contribution in [3.05, 3.63) is 23.8 Å². The number of nitrogens with zero attached hydrogens (tertiary/aromatic N) is 2. The highest BCUT2D eigenvalue weighted by atomic mass is 16.4. The number of carbonyl (C=O) groups is 2. The number of carboxylic acid groups (broad SMARTS) is 1. The Morgan fingerprint density at radius 3 is 2.89 bits per heavy atom. The summed E-state index contributed by atoms with van der Waals surface area (Å²) in [6.45, 7) is 0.865. The van der Waals surface area contributed by atoms with Crippen LogP contribution in [0.4, 0.5) is 11.4 Å². The molecule has 0 spiro atoms. The van der Waals surface area contributed by atoms with Crippen LogP contribution in [0.5, 0.6) is 0 Å². The number of anilines is 2. The van der Waals surface area contributed by atoms with Crippen LogP contribution in [0.2, 0.25) is 0 Å². The fourth-order valence-electron chi connectivity index (χ4n) is 2.82. The minimum absolute atomic E-state index is 0.0579. The molecule has 1 aromatic carbocycles. The molecule has 0 aliphatic carbocycles. The van der Waals surface area contributed by atoms with Crippen LogP contribution in [0, 0.1) is 0 Å². The van der Waals surface area contributed by atoms with Gasteiger partial charge in [-0.1, -0.05) is 0 Å². The first-order valence-electron chi connectivity index (χ1n) is 6.01. The van der Waals surface area contributed by atoms with Crippen molar-refractivity contribution in [2.75, 3.05) is 23.4 Å². The molecule has 2 aliphatic heterocycles. The van der Waals surface area contributed by atoms with Crippen molar-refractivity contribution >= 4 is 23.3 Å². The summed E-state index contributed by atoms with van der Waals surface area (Å²) in [4.78, 5) is 26.8. The SMILES string of the molecule is CN1C(=O)C2CCCN2c2ccc(C(=O)O)cc21. The van der Waals surface area contributed by atoms with Gasteiger partial charge in [-0.15, -0.1) is 0 Å². The molecule has 5 nitrogen and oxygen atoms in total. The van der Waals surface area contributed by atoms with E-state index in [0.717, 1.165) is 25.1 Å². The van der Waals surface area contributed by atoms with Crippen molar-refractivity contribution in [2.24, 2.45) is 0 Å². The molecule has 5 heteroatoms. The van der Waals surface area contributed by atoms with Gasteiger partial charge in [0.1, 0.15) is 6.04 Å². The van der Waals surface area contributed by atoms with Gasteiger partial charge in [0.25, 0.3) is 0 Å². The molecule has 0 saturated carbocycles. The summed E-state index contributed by atoms with van der Waals surface area (Å²) in [5.74, 6) is -0.912. The summed E-state index contributed by atoms with van der Waals surface area (Å²) in [6.07, 6.45) is 1.88. The van der Waals surface area contributed by atoms with E-state index in [1.807, 2.05) is 0 Å². The van der Waals surface area contributed by atoms with Gasteiger partial charge in [-0.05, 0) is 31.0 Å². The smallest absolute Gasteiger partial charge is 0.335 e. The minimum Gasteiger partial charge on any atom is -0.478 e. The van der Waals surface area contributed by atoms with E-state index in [4.69, 9.17) is 5.11 Å². The van der Waals surface area contributed by atoms with Gasteiger partial charge in [0, 0.05) is 13.6 Å². The fourth-order valence-corrected chi connectivity index (χ4v) is 2.82. The Hall–Kier alpha value is -2.04. The van der Waals surface area contributed by atoms with E-state index >= 15 is 0 Å². The molecule has 3 rings (SSSR count). The van der Waals surface area contributed by atoms with E-state index in [0.29, 0.717) is 5.69 Å². The number of amides is 1. The van der Waals surface area contributed by atoms with Crippen LogP contribution in [-0.2, 0) is 4.79 Å². The zero-order chi connectivity index (χ0) is 12.9. The van der Waals surface area contributed by atoms with Gasteiger partial charge < -0.3 is 14.9 Å². The maximum absolute atomic E-state index is 12.2. The highest BCUT2D eigenvalue weighted by Crippen LogP contribution is 2.39. The minimum atomic E-state index is -0.970. The van der Waals surface area contributed by atoms with Crippen LogP contribution in [0.3, 0.4) is 0 Å². The molecule has 1 fully saturated rings. The second-order valence-electron chi connectivity index (χ2n) is 4.76. The third-order valence-corrected chi connectivity index (χ3v) is 3.76. The lowest BCUT2D eigenvalue weighted by molar-refractivity contribution is -0.119. The number of fused-ring (bicyclic) bond motifs is 3. The average Bonchev–Trinajstić information content (AvgIpc) is 2.84. The molecule has 1 unspecified atom stereocenters. The van der Waals surface area contributed by atoms with Gasteiger partial charge in [0.05, 0.1) is 16.9 Å². The van der Waals surface area contributed by atoms with Gasteiger partial charge in [0.15, 0.2) is 0 Å². The summed E-state index contributed by atoms with van der Waals surface area (Å²) >= 11 is 0. The maximum Gasteiger partial charge on any atom is 0.335 e. The third-order valence-electron chi connectivity index (χ3n) is 3.76. The van der Waals surface area contributed by atoms with Crippen molar-refractivity contribution in [3.63, 3.8) is 0 Å². The van der Waals surface area contributed by atoms with Crippen molar-refractivity contribution in [2.45, 2.75) is 18.9 Å². The number of hydrogen-bond donors (Lipinski definition) is 1. The largest absolute Gasteiger partial charge is 0.478 e. The van der Waals surface area contributed by atoms with E-state index in [9.17, 15) is 9.59 Å². The summed E-state index contributed by atoms with van der Waals surface area (Å²) < 4.78 is 0. The first kappa shape index (κ1) is 11.1. The number of rotatable bonds is 1. The number of carbonyl (C=O) groups excluding carboxylic acids is 1. The molecule has 0 radical (unpaired) electrons. The zero-order valence-corrected chi connectivity index (χ0v) is 10.1. The molecule has 1 N–H and O–H groups in total. The number of aromatic carboxylic acids is 1. The van der Waals surface area contributed by atoms with Crippen LogP contribution >= 0.6 is 0 Å². The number of hydrogen-bond acceptors (Lipinski definition) is 3. The molecular weight excluding hydrogens is 232 g/mol. The zero-order valence-electron chi connectivity index (χ0n) is 10.1. The Bertz CT molecular complexity index is 541. The van der Waals surface area contributed by atoms with Crippen LogP contribution in [0.1, 0.15) is 23.2 Å². The fraction of sp³-hybridized carbons (Fsp3) is 0.385. The summed E-state index contributed by atoms with van der Waals surface area (Å²) in [6, 6.07) is 4.91. The second kappa shape index (κ2) is 3.73. The molecule has 1 atom stereocenters. The van der Waals surface area contributed by atoms with Crippen molar-refractivity contribution in [3.8, 4) is 0 Å². The van der Waals surface area contributed by atoms with Gasteiger partial charge in [-0.3, -0.25) is 4.79 Å². The Kier molecular flexibility index (Phi) is 2.29. The van der Waals surface area contributed by atoms with Crippen LogP contribution in [-0.4, -0.2) is 36.6 Å². The highest BCUT2D eigenvalue weighted by molar-refractivity contribution is 6.06. The van der Waals surface area contributed by atoms with E-state index in [2.05, 4.69) is 4.90 Å². The molecule has 1 aromatic rings. The molecule has 2 aliphatic rings. The maximum atomic E-state index is 12.2. The first-order chi connectivity index (χ1) is 8.59. The normalized spacial score (nSPS) is 21.8. The summed E-state index contributed by atoms with van der Waals surface area (Å²) in [5.41, 5.74) is 1.87. The van der Waals surface area contributed by atoms with E-state index < -0.39 is 5.97 Å². The Labute approximate surface area is 105 Å². The van der Waals surface area contributed by atoms with E-state index in [1.165, 1.54) is 0 Å².